The first-order valence-corrected chi connectivity index (χ1v) is 8.17. The third-order valence-corrected chi connectivity index (χ3v) is 4.98. The monoisotopic (exact) mass is 291 g/mol. The molecule has 3 heteroatoms. The van der Waals surface area contributed by atoms with E-state index >= 15 is 0 Å². The number of aliphatic hydroxyl groups is 1. The number of nitrogens with one attached hydrogen (secondary N) is 1. The Kier molecular flexibility index (Phi) is 5.65. The molecule has 0 bridgehead atoms. The lowest BCUT2D eigenvalue weighted by Crippen LogP contribution is -2.51. The van der Waals surface area contributed by atoms with Gasteiger partial charge in [-0.05, 0) is 68.8 Å². The van der Waals surface area contributed by atoms with Gasteiger partial charge in [0, 0.05) is 5.54 Å². The molecule has 1 aromatic carbocycles. The first-order chi connectivity index (χ1) is 10.1. The van der Waals surface area contributed by atoms with E-state index in [1.807, 2.05) is 6.07 Å². The van der Waals surface area contributed by atoms with Crippen molar-refractivity contribution in [2.75, 3.05) is 19.8 Å². The van der Waals surface area contributed by atoms with Crippen LogP contribution in [0.1, 0.15) is 43.7 Å². The fourth-order valence-corrected chi connectivity index (χ4v) is 3.54. The number of aliphatic hydroxyl groups excluding tert-OH is 1. The highest BCUT2D eigenvalue weighted by Crippen LogP contribution is 2.37. The molecule has 1 aliphatic rings. The molecule has 2 atom stereocenters. The Bertz CT molecular complexity index is 461. The Morgan fingerprint density at radius 2 is 2.14 bits per heavy atom. The molecule has 0 heterocycles. The zero-order chi connectivity index (χ0) is 15.3. The predicted molar refractivity (Wildman–Crippen MR) is 86.9 cm³/mol. The Balaban J connectivity index is 1.88. The van der Waals surface area contributed by atoms with Crippen molar-refractivity contribution in [3.63, 3.8) is 0 Å². The molecule has 0 radical (unpaired) electrons. The Morgan fingerprint density at radius 3 is 2.81 bits per heavy atom. The molecule has 0 aromatic heterocycles. The molecule has 1 aliphatic carbocycles. The van der Waals surface area contributed by atoms with Gasteiger partial charge in [-0.3, -0.25) is 0 Å². The standard InChI is InChI=1S/C18H29NO2/c1-4-19-18(13-20)10-5-6-16(18)9-11-21-17-8-7-14(2)15(3)12-17/h7-8,12,16,19-20H,4-6,9-11,13H2,1-3H3. The van der Waals surface area contributed by atoms with Crippen LogP contribution >= 0.6 is 0 Å². The minimum atomic E-state index is -0.0820. The highest BCUT2D eigenvalue weighted by Gasteiger charge is 2.41. The summed E-state index contributed by atoms with van der Waals surface area (Å²) in [6.45, 7) is 8.20. The van der Waals surface area contributed by atoms with Crippen LogP contribution < -0.4 is 10.1 Å². The Labute approximate surface area is 128 Å². The maximum Gasteiger partial charge on any atom is 0.119 e. The molecule has 118 valence electrons. The zero-order valence-electron chi connectivity index (χ0n) is 13.6. The molecule has 0 spiro atoms. The smallest absolute Gasteiger partial charge is 0.119 e. The normalized spacial score (nSPS) is 25.2. The molecule has 0 amide bonds. The number of hydrogen-bond acceptors (Lipinski definition) is 3. The van der Waals surface area contributed by atoms with Gasteiger partial charge in [-0.1, -0.05) is 19.4 Å². The van der Waals surface area contributed by atoms with Crippen molar-refractivity contribution in [2.24, 2.45) is 5.92 Å². The molecule has 1 saturated carbocycles. The van der Waals surface area contributed by atoms with E-state index in [2.05, 4.69) is 38.2 Å². The van der Waals surface area contributed by atoms with Gasteiger partial charge in [-0.2, -0.15) is 0 Å². The highest BCUT2D eigenvalue weighted by atomic mass is 16.5. The van der Waals surface area contributed by atoms with E-state index in [-0.39, 0.29) is 12.1 Å². The predicted octanol–water partition coefficient (Wildman–Crippen LogP) is 3.21. The van der Waals surface area contributed by atoms with Gasteiger partial charge in [0.1, 0.15) is 5.75 Å². The Hall–Kier alpha value is -1.06. The Morgan fingerprint density at radius 1 is 1.33 bits per heavy atom. The van der Waals surface area contributed by atoms with Crippen LogP contribution in [-0.4, -0.2) is 30.4 Å². The van der Waals surface area contributed by atoms with E-state index in [4.69, 9.17) is 4.74 Å². The maximum atomic E-state index is 9.80. The van der Waals surface area contributed by atoms with Gasteiger partial charge in [-0.15, -0.1) is 0 Å². The van der Waals surface area contributed by atoms with Crippen LogP contribution in [0.4, 0.5) is 0 Å². The topological polar surface area (TPSA) is 41.5 Å². The van der Waals surface area contributed by atoms with Crippen LogP contribution in [-0.2, 0) is 0 Å². The van der Waals surface area contributed by atoms with Crippen LogP contribution in [0.3, 0.4) is 0 Å². The second-order valence-electron chi connectivity index (χ2n) is 6.32. The van der Waals surface area contributed by atoms with Gasteiger partial charge in [0.2, 0.25) is 0 Å². The first-order valence-electron chi connectivity index (χ1n) is 8.17. The minimum Gasteiger partial charge on any atom is -0.494 e. The summed E-state index contributed by atoms with van der Waals surface area (Å²) in [4.78, 5) is 0. The summed E-state index contributed by atoms with van der Waals surface area (Å²) in [6, 6.07) is 6.25. The van der Waals surface area contributed by atoms with Crippen LogP contribution in [0, 0.1) is 19.8 Å². The van der Waals surface area contributed by atoms with Gasteiger partial charge in [0.05, 0.1) is 13.2 Å². The molecule has 1 aromatic rings. The van der Waals surface area contributed by atoms with Crippen LogP contribution in [0.25, 0.3) is 0 Å². The quantitative estimate of drug-likeness (QED) is 0.810. The second-order valence-corrected chi connectivity index (χ2v) is 6.32. The zero-order valence-corrected chi connectivity index (χ0v) is 13.6. The van der Waals surface area contributed by atoms with Crippen molar-refractivity contribution >= 4 is 0 Å². The largest absolute Gasteiger partial charge is 0.494 e. The van der Waals surface area contributed by atoms with Crippen LogP contribution in [0.5, 0.6) is 5.75 Å². The number of aryl methyl sites for hydroxylation is 2. The van der Waals surface area contributed by atoms with Gasteiger partial charge in [0.25, 0.3) is 0 Å². The first kappa shape index (κ1) is 16.3. The molecular weight excluding hydrogens is 262 g/mol. The number of hydrogen-bond donors (Lipinski definition) is 2. The fourth-order valence-electron chi connectivity index (χ4n) is 3.54. The van der Waals surface area contributed by atoms with Crippen molar-refractivity contribution in [2.45, 2.75) is 52.0 Å². The summed E-state index contributed by atoms with van der Waals surface area (Å²) in [7, 11) is 0. The molecule has 2 rings (SSSR count). The van der Waals surface area contributed by atoms with Gasteiger partial charge < -0.3 is 15.2 Å². The molecule has 3 nitrogen and oxygen atoms in total. The van der Waals surface area contributed by atoms with Crippen molar-refractivity contribution in [1.82, 2.24) is 5.32 Å². The second kappa shape index (κ2) is 7.28. The highest BCUT2D eigenvalue weighted by molar-refractivity contribution is 5.33. The number of ether oxygens (including phenoxy) is 1. The SMILES string of the molecule is CCNC1(CO)CCCC1CCOc1ccc(C)c(C)c1. The lowest BCUT2D eigenvalue weighted by atomic mass is 9.85. The molecule has 0 saturated heterocycles. The summed E-state index contributed by atoms with van der Waals surface area (Å²) >= 11 is 0. The average Bonchev–Trinajstić information content (AvgIpc) is 2.87. The average molecular weight is 291 g/mol. The summed E-state index contributed by atoms with van der Waals surface area (Å²) in [5.41, 5.74) is 2.48. The number of benzene rings is 1. The van der Waals surface area contributed by atoms with Gasteiger partial charge >= 0.3 is 0 Å². The van der Waals surface area contributed by atoms with Crippen LogP contribution in [0.15, 0.2) is 18.2 Å². The van der Waals surface area contributed by atoms with Crippen molar-refractivity contribution < 1.29 is 9.84 Å². The molecule has 21 heavy (non-hydrogen) atoms. The molecule has 1 fully saturated rings. The summed E-state index contributed by atoms with van der Waals surface area (Å²) in [5.74, 6) is 1.46. The van der Waals surface area contributed by atoms with Crippen molar-refractivity contribution in [1.29, 1.82) is 0 Å². The fraction of sp³-hybridized carbons (Fsp3) is 0.667. The van der Waals surface area contributed by atoms with E-state index in [9.17, 15) is 5.11 Å². The third kappa shape index (κ3) is 3.78. The number of rotatable bonds is 7. The number of likely N-dealkylation sites (N-methyl/N-ethyl adjacent to an activating group) is 1. The lowest BCUT2D eigenvalue weighted by Gasteiger charge is -2.34. The van der Waals surface area contributed by atoms with E-state index < -0.39 is 0 Å². The molecule has 2 N–H and O–H groups in total. The van der Waals surface area contributed by atoms with E-state index in [0.717, 1.165) is 31.7 Å². The summed E-state index contributed by atoms with van der Waals surface area (Å²) in [5, 5.41) is 13.3. The van der Waals surface area contributed by atoms with Gasteiger partial charge in [-0.25, -0.2) is 0 Å². The van der Waals surface area contributed by atoms with E-state index in [1.54, 1.807) is 0 Å². The molecule has 2 unspecified atom stereocenters. The molecular formula is C18H29NO2. The van der Waals surface area contributed by atoms with E-state index in [0.29, 0.717) is 5.92 Å². The maximum absolute atomic E-state index is 9.80. The van der Waals surface area contributed by atoms with Crippen LogP contribution in [0.2, 0.25) is 0 Å². The minimum absolute atomic E-state index is 0.0820. The third-order valence-electron chi connectivity index (χ3n) is 4.98. The molecule has 0 aliphatic heterocycles. The van der Waals surface area contributed by atoms with Crippen molar-refractivity contribution in [3.8, 4) is 5.75 Å². The van der Waals surface area contributed by atoms with Gasteiger partial charge in [0.15, 0.2) is 0 Å². The van der Waals surface area contributed by atoms with Crippen molar-refractivity contribution in [3.05, 3.63) is 29.3 Å². The lowest BCUT2D eigenvalue weighted by molar-refractivity contribution is 0.111. The summed E-state index contributed by atoms with van der Waals surface area (Å²) in [6.07, 6.45) is 4.46. The van der Waals surface area contributed by atoms with E-state index in [1.165, 1.54) is 24.0 Å². The summed E-state index contributed by atoms with van der Waals surface area (Å²) < 4.78 is 5.91.